The standard InChI is InChI=1S/C8H9F2NO/c1-5(12)6-2-3-11-7(4-6)8(9)10/h2-5,8,12H,1H3. The van der Waals surface area contributed by atoms with Gasteiger partial charge >= 0.3 is 0 Å². The molecule has 0 fully saturated rings. The van der Waals surface area contributed by atoms with Crippen LogP contribution in [-0.4, -0.2) is 10.1 Å². The summed E-state index contributed by atoms with van der Waals surface area (Å²) in [4.78, 5) is 3.46. The van der Waals surface area contributed by atoms with Gasteiger partial charge in [-0.3, -0.25) is 4.98 Å². The summed E-state index contributed by atoms with van der Waals surface area (Å²) in [7, 11) is 0. The zero-order valence-corrected chi connectivity index (χ0v) is 6.54. The SMILES string of the molecule is CC(O)c1ccnc(C(F)F)c1. The van der Waals surface area contributed by atoms with Crippen molar-refractivity contribution in [2.45, 2.75) is 19.5 Å². The maximum atomic E-state index is 12.1. The lowest BCUT2D eigenvalue weighted by Gasteiger charge is -2.05. The molecule has 12 heavy (non-hydrogen) atoms. The highest BCUT2D eigenvalue weighted by Crippen LogP contribution is 2.19. The maximum Gasteiger partial charge on any atom is 0.280 e. The van der Waals surface area contributed by atoms with Crippen molar-refractivity contribution in [3.05, 3.63) is 29.6 Å². The molecule has 1 rings (SSSR count). The van der Waals surface area contributed by atoms with E-state index in [2.05, 4.69) is 4.98 Å². The Bertz CT molecular complexity index is 240. The lowest BCUT2D eigenvalue weighted by Crippen LogP contribution is -1.95. The van der Waals surface area contributed by atoms with Gasteiger partial charge < -0.3 is 5.11 Å². The van der Waals surface area contributed by atoms with Gasteiger partial charge in [-0.2, -0.15) is 0 Å². The zero-order valence-electron chi connectivity index (χ0n) is 6.54. The van der Waals surface area contributed by atoms with Crippen LogP contribution in [0.1, 0.15) is 30.7 Å². The Balaban J connectivity index is 2.96. The molecule has 2 nitrogen and oxygen atoms in total. The summed E-state index contributed by atoms with van der Waals surface area (Å²) in [6, 6.07) is 2.71. The number of halogens is 2. The van der Waals surface area contributed by atoms with Crippen molar-refractivity contribution < 1.29 is 13.9 Å². The molecule has 0 bridgehead atoms. The van der Waals surface area contributed by atoms with Crippen molar-refractivity contribution in [3.63, 3.8) is 0 Å². The molecule has 0 saturated carbocycles. The Labute approximate surface area is 68.9 Å². The molecule has 0 aromatic carbocycles. The summed E-state index contributed by atoms with van der Waals surface area (Å²) < 4.78 is 24.1. The van der Waals surface area contributed by atoms with E-state index in [1.54, 1.807) is 0 Å². The monoisotopic (exact) mass is 173 g/mol. The number of pyridine rings is 1. The highest BCUT2D eigenvalue weighted by molar-refractivity contribution is 5.18. The van der Waals surface area contributed by atoms with E-state index in [9.17, 15) is 8.78 Å². The summed E-state index contributed by atoms with van der Waals surface area (Å²) in [5.41, 5.74) is 0.161. The number of aliphatic hydroxyl groups is 1. The van der Waals surface area contributed by atoms with Gasteiger partial charge in [0.25, 0.3) is 6.43 Å². The zero-order chi connectivity index (χ0) is 9.14. The Kier molecular flexibility index (Phi) is 2.70. The van der Waals surface area contributed by atoms with E-state index in [1.165, 1.54) is 25.3 Å². The topological polar surface area (TPSA) is 33.1 Å². The number of rotatable bonds is 2. The molecular formula is C8H9F2NO. The highest BCUT2D eigenvalue weighted by atomic mass is 19.3. The molecule has 1 atom stereocenters. The maximum absolute atomic E-state index is 12.1. The van der Waals surface area contributed by atoms with Crippen molar-refractivity contribution in [3.8, 4) is 0 Å². The minimum absolute atomic E-state index is 0.298. The minimum Gasteiger partial charge on any atom is -0.389 e. The quantitative estimate of drug-likeness (QED) is 0.742. The fourth-order valence-electron chi connectivity index (χ4n) is 0.845. The van der Waals surface area contributed by atoms with Crippen LogP contribution in [0.5, 0.6) is 0 Å². The van der Waals surface area contributed by atoms with Crippen molar-refractivity contribution in [2.75, 3.05) is 0 Å². The summed E-state index contributed by atoms with van der Waals surface area (Å²) in [6.07, 6.45) is -2.04. The lowest BCUT2D eigenvalue weighted by atomic mass is 10.1. The predicted octanol–water partition coefficient (Wildman–Crippen LogP) is 2.07. The van der Waals surface area contributed by atoms with Gasteiger partial charge in [0.05, 0.1) is 6.10 Å². The average Bonchev–Trinajstić information content (AvgIpc) is 2.04. The van der Waals surface area contributed by atoms with E-state index in [4.69, 9.17) is 5.11 Å². The number of hydrogen-bond donors (Lipinski definition) is 1. The van der Waals surface area contributed by atoms with Crippen LogP contribution in [0.3, 0.4) is 0 Å². The molecular weight excluding hydrogens is 164 g/mol. The van der Waals surface area contributed by atoms with Crippen LogP contribution in [0.4, 0.5) is 8.78 Å². The summed E-state index contributed by atoms with van der Waals surface area (Å²) in [6.45, 7) is 1.52. The number of nitrogens with zero attached hydrogens (tertiary/aromatic N) is 1. The van der Waals surface area contributed by atoms with E-state index < -0.39 is 12.5 Å². The van der Waals surface area contributed by atoms with Gasteiger partial charge in [0, 0.05) is 6.20 Å². The predicted molar refractivity (Wildman–Crippen MR) is 39.8 cm³/mol. The third-order valence-corrected chi connectivity index (χ3v) is 1.51. The second-order valence-corrected chi connectivity index (χ2v) is 2.49. The van der Waals surface area contributed by atoms with E-state index >= 15 is 0 Å². The Morgan fingerprint density at radius 2 is 2.17 bits per heavy atom. The fraction of sp³-hybridized carbons (Fsp3) is 0.375. The van der Waals surface area contributed by atoms with Crippen LogP contribution in [0.25, 0.3) is 0 Å². The van der Waals surface area contributed by atoms with Gasteiger partial charge in [0.1, 0.15) is 5.69 Å². The molecule has 0 saturated heterocycles. The summed E-state index contributed by atoms with van der Waals surface area (Å²) in [5, 5.41) is 9.06. The molecule has 1 heterocycles. The first-order valence-electron chi connectivity index (χ1n) is 3.53. The third-order valence-electron chi connectivity index (χ3n) is 1.51. The molecule has 0 aliphatic carbocycles. The van der Waals surface area contributed by atoms with Gasteiger partial charge in [-0.05, 0) is 24.6 Å². The molecule has 0 amide bonds. The van der Waals surface area contributed by atoms with Crippen LogP contribution in [0.2, 0.25) is 0 Å². The van der Waals surface area contributed by atoms with Gasteiger partial charge in [-0.15, -0.1) is 0 Å². The minimum atomic E-state index is -2.58. The fourth-order valence-corrected chi connectivity index (χ4v) is 0.845. The van der Waals surface area contributed by atoms with Gasteiger partial charge in [-0.25, -0.2) is 8.78 Å². The summed E-state index contributed by atoms with van der Waals surface area (Å²) in [5.74, 6) is 0. The number of alkyl halides is 2. The molecule has 0 radical (unpaired) electrons. The van der Waals surface area contributed by atoms with Crippen molar-refractivity contribution in [1.82, 2.24) is 4.98 Å². The summed E-state index contributed by atoms with van der Waals surface area (Å²) >= 11 is 0. The Morgan fingerprint density at radius 3 is 2.67 bits per heavy atom. The largest absolute Gasteiger partial charge is 0.389 e. The van der Waals surface area contributed by atoms with Crippen LogP contribution in [-0.2, 0) is 0 Å². The van der Waals surface area contributed by atoms with E-state index in [1.807, 2.05) is 0 Å². The molecule has 0 aliphatic heterocycles. The van der Waals surface area contributed by atoms with Gasteiger partial charge in [0.15, 0.2) is 0 Å². The molecule has 1 aromatic heterocycles. The van der Waals surface area contributed by atoms with Gasteiger partial charge in [0.2, 0.25) is 0 Å². The molecule has 1 N–H and O–H groups in total. The first kappa shape index (κ1) is 9.06. The first-order chi connectivity index (χ1) is 5.61. The average molecular weight is 173 g/mol. The Hall–Kier alpha value is -1.03. The molecule has 0 spiro atoms. The Morgan fingerprint density at radius 1 is 1.50 bits per heavy atom. The van der Waals surface area contributed by atoms with Crippen LogP contribution in [0.15, 0.2) is 18.3 Å². The van der Waals surface area contributed by atoms with E-state index in [0.717, 1.165) is 0 Å². The lowest BCUT2D eigenvalue weighted by molar-refractivity contribution is 0.145. The second kappa shape index (κ2) is 3.58. The number of aromatic nitrogens is 1. The van der Waals surface area contributed by atoms with Crippen LogP contribution in [0, 0.1) is 0 Å². The van der Waals surface area contributed by atoms with Crippen molar-refractivity contribution in [2.24, 2.45) is 0 Å². The molecule has 0 aliphatic rings. The second-order valence-electron chi connectivity index (χ2n) is 2.49. The van der Waals surface area contributed by atoms with Crippen LogP contribution < -0.4 is 0 Å². The van der Waals surface area contributed by atoms with E-state index in [0.29, 0.717) is 5.56 Å². The molecule has 4 heteroatoms. The normalized spacial score (nSPS) is 13.4. The molecule has 1 aromatic rings. The molecule has 1 unspecified atom stereocenters. The number of hydrogen-bond acceptors (Lipinski definition) is 2. The van der Waals surface area contributed by atoms with E-state index in [-0.39, 0.29) is 5.69 Å². The first-order valence-corrected chi connectivity index (χ1v) is 3.53. The van der Waals surface area contributed by atoms with Gasteiger partial charge in [-0.1, -0.05) is 0 Å². The van der Waals surface area contributed by atoms with Crippen molar-refractivity contribution >= 4 is 0 Å². The van der Waals surface area contributed by atoms with Crippen LogP contribution >= 0.6 is 0 Å². The highest BCUT2D eigenvalue weighted by Gasteiger charge is 2.10. The third kappa shape index (κ3) is 1.98. The molecule has 66 valence electrons. The number of aliphatic hydroxyl groups excluding tert-OH is 1. The smallest absolute Gasteiger partial charge is 0.280 e. The van der Waals surface area contributed by atoms with Crippen molar-refractivity contribution in [1.29, 1.82) is 0 Å².